The molecule has 5 heteroatoms. The highest BCUT2D eigenvalue weighted by Crippen LogP contribution is 2.29. The van der Waals surface area contributed by atoms with Crippen LogP contribution in [0.15, 0.2) is 17.6 Å². The Morgan fingerprint density at radius 3 is 2.65 bits per heavy atom. The van der Waals surface area contributed by atoms with E-state index >= 15 is 0 Å². The van der Waals surface area contributed by atoms with Crippen LogP contribution in [-0.2, 0) is 6.54 Å². The highest BCUT2D eigenvalue weighted by atomic mass is 32.1. The molecule has 0 aliphatic heterocycles. The first-order valence-corrected chi connectivity index (χ1v) is 7.43. The Labute approximate surface area is 123 Å². The molecule has 0 radical (unpaired) electrons. The Bertz CT molecular complexity index is 607. The van der Waals surface area contributed by atoms with Crippen molar-refractivity contribution in [3.8, 4) is 0 Å². The van der Waals surface area contributed by atoms with Crippen molar-refractivity contribution >= 4 is 17.0 Å². The number of halogens is 1. The predicted molar refractivity (Wildman–Crippen MR) is 82.7 cm³/mol. The summed E-state index contributed by atoms with van der Waals surface area (Å²) in [5.41, 5.74) is 11.3. The van der Waals surface area contributed by atoms with Gasteiger partial charge in [-0.3, -0.25) is 0 Å². The molecule has 0 saturated heterocycles. The Morgan fingerprint density at radius 1 is 1.40 bits per heavy atom. The zero-order chi connectivity index (χ0) is 14.9. The fourth-order valence-electron chi connectivity index (χ4n) is 2.16. The van der Waals surface area contributed by atoms with Crippen LogP contribution < -0.4 is 10.6 Å². The van der Waals surface area contributed by atoms with Gasteiger partial charge in [0.25, 0.3) is 0 Å². The third kappa shape index (κ3) is 2.99. The van der Waals surface area contributed by atoms with E-state index in [0.717, 1.165) is 23.5 Å². The predicted octanol–water partition coefficient (Wildman–Crippen LogP) is 3.56. The second-order valence-corrected chi connectivity index (χ2v) is 6.11. The van der Waals surface area contributed by atoms with Crippen LogP contribution in [-0.4, -0.2) is 12.0 Å². The van der Waals surface area contributed by atoms with Gasteiger partial charge in [0.15, 0.2) is 0 Å². The quantitative estimate of drug-likeness (QED) is 0.937. The Morgan fingerprint density at radius 2 is 2.10 bits per heavy atom. The van der Waals surface area contributed by atoms with Crippen molar-refractivity contribution in [1.82, 2.24) is 4.98 Å². The van der Waals surface area contributed by atoms with Crippen molar-refractivity contribution < 1.29 is 4.39 Å². The summed E-state index contributed by atoms with van der Waals surface area (Å²) in [4.78, 5) is 7.58. The number of benzene rings is 1. The van der Waals surface area contributed by atoms with E-state index in [1.54, 1.807) is 24.3 Å². The van der Waals surface area contributed by atoms with Gasteiger partial charge in [0, 0.05) is 23.7 Å². The first kappa shape index (κ1) is 14.9. The molecule has 0 amide bonds. The number of rotatable bonds is 4. The average Bonchev–Trinajstić information content (AvgIpc) is 2.77. The number of aryl methyl sites for hydroxylation is 2. The van der Waals surface area contributed by atoms with Crippen molar-refractivity contribution in [1.29, 1.82) is 0 Å². The van der Waals surface area contributed by atoms with E-state index in [1.807, 2.05) is 32.5 Å². The van der Waals surface area contributed by atoms with E-state index in [2.05, 4.69) is 9.88 Å². The average molecular weight is 293 g/mol. The second kappa shape index (κ2) is 5.89. The summed E-state index contributed by atoms with van der Waals surface area (Å²) in [6.45, 7) is 6.40. The van der Waals surface area contributed by atoms with Crippen molar-refractivity contribution in [3.05, 3.63) is 45.2 Å². The summed E-state index contributed by atoms with van der Waals surface area (Å²) < 4.78 is 13.7. The lowest BCUT2D eigenvalue weighted by Gasteiger charge is -2.24. The molecular weight excluding hydrogens is 273 g/mol. The highest BCUT2D eigenvalue weighted by Gasteiger charge is 2.15. The fourth-order valence-corrected chi connectivity index (χ4v) is 2.99. The molecule has 0 fully saturated rings. The smallest absolute Gasteiger partial charge is 0.126 e. The van der Waals surface area contributed by atoms with Crippen LogP contribution in [0.5, 0.6) is 0 Å². The van der Waals surface area contributed by atoms with Gasteiger partial charge < -0.3 is 10.6 Å². The lowest BCUT2D eigenvalue weighted by molar-refractivity contribution is 0.612. The van der Waals surface area contributed by atoms with E-state index in [-0.39, 0.29) is 11.9 Å². The van der Waals surface area contributed by atoms with Crippen LogP contribution in [0.3, 0.4) is 0 Å². The van der Waals surface area contributed by atoms with Crippen LogP contribution in [0.4, 0.5) is 10.1 Å². The Hall–Kier alpha value is -1.46. The van der Waals surface area contributed by atoms with E-state index in [9.17, 15) is 4.39 Å². The summed E-state index contributed by atoms with van der Waals surface area (Å²) in [7, 11) is 2.00. The summed E-state index contributed by atoms with van der Waals surface area (Å²) in [5, 5.41) is 0. The van der Waals surface area contributed by atoms with Gasteiger partial charge in [-0.05, 0) is 44.0 Å². The van der Waals surface area contributed by atoms with Crippen LogP contribution in [0.2, 0.25) is 0 Å². The van der Waals surface area contributed by atoms with Gasteiger partial charge in [0.1, 0.15) is 5.82 Å². The van der Waals surface area contributed by atoms with Gasteiger partial charge in [-0.2, -0.15) is 0 Å². The normalized spacial score (nSPS) is 12.5. The molecule has 2 rings (SSSR count). The number of hydrogen-bond acceptors (Lipinski definition) is 4. The highest BCUT2D eigenvalue weighted by molar-refractivity contribution is 7.09. The number of anilines is 1. The molecule has 1 atom stereocenters. The van der Waals surface area contributed by atoms with Gasteiger partial charge in [-0.1, -0.05) is 0 Å². The number of thiazole rings is 1. The molecule has 0 saturated carbocycles. The number of nitrogens with two attached hydrogens (primary N) is 1. The standard InChI is InChI=1S/C15H20FN3S/c1-9-5-14(12(10(2)17)6-13(9)16)19(4)7-15-11(3)18-8-20-15/h5-6,8,10H,7,17H2,1-4H3/t10-/m0/s1. The van der Waals surface area contributed by atoms with Crippen LogP contribution in [0.1, 0.15) is 34.7 Å². The maximum atomic E-state index is 13.7. The Kier molecular flexibility index (Phi) is 4.40. The van der Waals surface area contributed by atoms with E-state index in [4.69, 9.17) is 5.73 Å². The molecule has 20 heavy (non-hydrogen) atoms. The van der Waals surface area contributed by atoms with Gasteiger partial charge in [0.05, 0.1) is 17.7 Å². The van der Waals surface area contributed by atoms with E-state index < -0.39 is 0 Å². The van der Waals surface area contributed by atoms with Crippen LogP contribution in [0.25, 0.3) is 0 Å². The molecule has 0 unspecified atom stereocenters. The van der Waals surface area contributed by atoms with Gasteiger partial charge in [0.2, 0.25) is 0 Å². The second-order valence-electron chi connectivity index (χ2n) is 5.17. The lowest BCUT2D eigenvalue weighted by atomic mass is 10.0. The first-order valence-electron chi connectivity index (χ1n) is 6.56. The molecule has 0 aliphatic rings. The number of nitrogens with zero attached hydrogens (tertiary/aromatic N) is 2. The minimum atomic E-state index is -0.205. The maximum Gasteiger partial charge on any atom is 0.126 e. The van der Waals surface area contributed by atoms with E-state index in [1.165, 1.54) is 4.88 Å². The third-order valence-corrected chi connectivity index (χ3v) is 4.36. The summed E-state index contributed by atoms with van der Waals surface area (Å²) in [5.74, 6) is -0.205. The van der Waals surface area contributed by atoms with Crippen LogP contribution in [0, 0.1) is 19.7 Å². The monoisotopic (exact) mass is 293 g/mol. The number of aromatic nitrogens is 1. The van der Waals surface area contributed by atoms with Crippen LogP contribution >= 0.6 is 11.3 Å². The maximum absolute atomic E-state index is 13.7. The molecule has 0 spiro atoms. The topological polar surface area (TPSA) is 42.2 Å². The van der Waals surface area contributed by atoms with Crippen molar-refractivity contribution in [2.24, 2.45) is 5.73 Å². The van der Waals surface area contributed by atoms with E-state index in [0.29, 0.717) is 5.56 Å². The number of hydrogen-bond donors (Lipinski definition) is 1. The van der Waals surface area contributed by atoms with Gasteiger partial charge in [-0.25, -0.2) is 9.37 Å². The minimum absolute atomic E-state index is 0.204. The van der Waals surface area contributed by atoms with Crippen molar-refractivity contribution in [3.63, 3.8) is 0 Å². The molecule has 2 N–H and O–H groups in total. The molecule has 108 valence electrons. The summed E-state index contributed by atoms with van der Waals surface area (Å²) in [6.07, 6.45) is 0. The minimum Gasteiger partial charge on any atom is -0.369 e. The summed E-state index contributed by atoms with van der Waals surface area (Å²) in [6, 6.07) is 3.21. The molecule has 0 aliphatic carbocycles. The molecular formula is C15H20FN3S. The molecule has 1 aromatic heterocycles. The molecule has 2 aromatic rings. The summed E-state index contributed by atoms with van der Waals surface area (Å²) >= 11 is 1.64. The zero-order valence-corrected chi connectivity index (χ0v) is 13.1. The lowest BCUT2D eigenvalue weighted by Crippen LogP contribution is -2.20. The third-order valence-electron chi connectivity index (χ3n) is 3.44. The largest absolute Gasteiger partial charge is 0.369 e. The van der Waals surface area contributed by atoms with Crippen molar-refractivity contribution in [2.45, 2.75) is 33.4 Å². The molecule has 1 heterocycles. The molecule has 1 aromatic carbocycles. The van der Waals surface area contributed by atoms with Gasteiger partial charge in [-0.15, -0.1) is 11.3 Å². The van der Waals surface area contributed by atoms with Gasteiger partial charge >= 0.3 is 0 Å². The zero-order valence-electron chi connectivity index (χ0n) is 12.3. The molecule has 3 nitrogen and oxygen atoms in total. The van der Waals surface area contributed by atoms with Crippen molar-refractivity contribution in [2.75, 3.05) is 11.9 Å². The fraction of sp³-hybridized carbons (Fsp3) is 0.400. The SMILES string of the molecule is Cc1cc(N(C)Cc2scnc2C)c([C@H](C)N)cc1F. The Balaban J connectivity index is 2.36. The first-order chi connectivity index (χ1) is 9.40. The molecule has 0 bridgehead atoms.